The van der Waals surface area contributed by atoms with Crippen LogP contribution in [0.5, 0.6) is 0 Å². The smallest absolute Gasteiger partial charge is 0.311 e. The molecule has 0 aromatic heterocycles. The Balaban J connectivity index is 2.68. The Hall–Kier alpha value is -1.10. The maximum absolute atomic E-state index is 12.3. The molecule has 1 heterocycles. The predicted octanol–water partition coefficient (Wildman–Crippen LogP) is 1.34. The second kappa shape index (κ2) is 6.89. The Kier molecular flexibility index (Phi) is 5.79. The molecule has 1 aliphatic heterocycles. The zero-order valence-electron chi connectivity index (χ0n) is 12.2. The molecule has 2 unspecified atom stereocenters. The maximum Gasteiger partial charge on any atom is 0.311 e. The summed E-state index contributed by atoms with van der Waals surface area (Å²) in [6.45, 7) is 8.32. The van der Waals surface area contributed by atoms with Gasteiger partial charge >= 0.3 is 5.97 Å². The average molecular weight is 270 g/mol. The first-order valence-corrected chi connectivity index (χ1v) is 7.19. The van der Waals surface area contributed by atoms with Crippen molar-refractivity contribution in [2.75, 3.05) is 26.2 Å². The van der Waals surface area contributed by atoms with Crippen molar-refractivity contribution in [3.63, 3.8) is 0 Å². The molecule has 0 radical (unpaired) electrons. The lowest BCUT2D eigenvalue weighted by atomic mass is 9.77. The van der Waals surface area contributed by atoms with Gasteiger partial charge in [-0.1, -0.05) is 20.8 Å². The molecule has 1 rings (SSSR count). The van der Waals surface area contributed by atoms with E-state index in [-0.39, 0.29) is 11.8 Å². The van der Waals surface area contributed by atoms with Crippen molar-refractivity contribution in [2.45, 2.75) is 40.0 Å². The fourth-order valence-corrected chi connectivity index (χ4v) is 2.69. The first-order chi connectivity index (χ1) is 8.96. The second-order valence-electron chi connectivity index (χ2n) is 5.51. The standard InChI is InChI=1S/C14H26N2O3/c1-4-14(13(18)19)7-6-8-16(10-14)12(17)11(3)9-15-5-2/h11,15H,4-10H2,1-3H3,(H,18,19). The molecule has 0 aromatic rings. The van der Waals surface area contributed by atoms with Crippen LogP contribution in [-0.2, 0) is 9.59 Å². The fourth-order valence-electron chi connectivity index (χ4n) is 2.69. The number of piperidine rings is 1. The largest absolute Gasteiger partial charge is 0.481 e. The van der Waals surface area contributed by atoms with E-state index in [0.717, 1.165) is 13.0 Å². The van der Waals surface area contributed by atoms with Crippen molar-refractivity contribution in [3.05, 3.63) is 0 Å². The van der Waals surface area contributed by atoms with Gasteiger partial charge in [-0.15, -0.1) is 0 Å². The molecule has 1 saturated heterocycles. The van der Waals surface area contributed by atoms with Crippen molar-refractivity contribution in [1.82, 2.24) is 10.2 Å². The Bertz CT molecular complexity index is 333. The monoisotopic (exact) mass is 270 g/mol. The molecule has 110 valence electrons. The highest BCUT2D eigenvalue weighted by Gasteiger charge is 2.42. The van der Waals surface area contributed by atoms with Crippen molar-refractivity contribution >= 4 is 11.9 Å². The first kappa shape index (κ1) is 16.0. The van der Waals surface area contributed by atoms with Crippen LogP contribution >= 0.6 is 0 Å². The van der Waals surface area contributed by atoms with E-state index >= 15 is 0 Å². The third-order valence-corrected chi connectivity index (χ3v) is 4.14. The maximum atomic E-state index is 12.3. The molecule has 1 amide bonds. The van der Waals surface area contributed by atoms with Crippen molar-refractivity contribution in [3.8, 4) is 0 Å². The van der Waals surface area contributed by atoms with Crippen molar-refractivity contribution in [1.29, 1.82) is 0 Å². The number of likely N-dealkylation sites (tertiary alicyclic amines) is 1. The van der Waals surface area contributed by atoms with Gasteiger partial charge in [0.15, 0.2) is 0 Å². The summed E-state index contributed by atoms with van der Waals surface area (Å²) in [5, 5.41) is 12.6. The number of hydrogen-bond donors (Lipinski definition) is 2. The zero-order chi connectivity index (χ0) is 14.5. The molecular weight excluding hydrogens is 244 g/mol. The summed E-state index contributed by atoms with van der Waals surface area (Å²) in [5.41, 5.74) is -0.744. The van der Waals surface area contributed by atoms with E-state index in [9.17, 15) is 14.7 Å². The van der Waals surface area contributed by atoms with Gasteiger partial charge in [-0.05, 0) is 25.8 Å². The molecule has 0 aliphatic carbocycles. The van der Waals surface area contributed by atoms with E-state index in [1.54, 1.807) is 4.90 Å². The summed E-state index contributed by atoms with van der Waals surface area (Å²) in [6.07, 6.45) is 2.03. The Morgan fingerprint density at radius 3 is 2.63 bits per heavy atom. The molecule has 0 spiro atoms. The topological polar surface area (TPSA) is 69.6 Å². The van der Waals surface area contributed by atoms with Crippen LogP contribution in [0.15, 0.2) is 0 Å². The van der Waals surface area contributed by atoms with Crippen LogP contribution in [0.4, 0.5) is 0 Å². The van der Waals surface area contributed by atoms with E-state index in [2.05, 4.69) is 5.32 Å². The second-order valence-corrected chi connectivity index (χ2v) is 5.51. The summed E-state index contributed by atoms with van der Waals surface area (Å²) in [6, 6.07) is 0. The van der Waals surface area contributed by atoms with E-state index in [1.807, 2.05) is 20.8 Å². The molecule has 19 heavy (non-hydrogen) atoms. The highest BCUT2D eigenvalue weighted by molar-refractivity contribution is 5.81. The number of carbonyl (C=O) groups excluding carboxylic acids is 1. The number of carboxylic acids is 1. The summed E-state index contributed by atoms with van der Waals surface area (Å²) < 4.78 is 0. The average Bonchev–Trinajstić information content (AvgIpc) is 2.43. The Morgan fingerprint density at radius 2 is 2.11 bits per heavy atom. The molecule has 0 saturated carbocycles. The molecule has 5 heteroatoms. The van der Waals surface area contributed by atoms with Gasteiger partial charge in [0.25, 0.3) is 0 Å². The zero-order valence-corrected chi connectivity index (χ0v) is 12.2. The van der Waals surface area contributed by atoms with Gasteiger partial charge in [0.1, 0.15) is 0 Å². The number of nitrogens with zero attached hydrogens (tertiary/aromatic N) is 1. The van der Waals surface area contributed by atoms with Gasteiger partial charge in [0, 0.05) is 25.6 Å². The van der Waals surface area contributed by atoms with Crippen LogP contribution < -0.4 is 5.32 Å². The number of rotatable bonds is 6. The lowest BCUT2D eigenvalue weighted by Crippen LogP contribution is -2.51. The van der Waals surface area contributed by atoms with Crippen LogP contribution in [0.25, 0.3) is 0 Å². The van der Waals surface area contributed by atoms with E-state index in [1.165, 1.54) is 0 Å². The number of hydrogen-bond acceptors (Lipinski definition) is 3. The highest BCUT2D eigenvalue weighted by atomic mass is 16.4. The highest BCUT2D eigenvalue weighted by Crippen LogP contribution is 2.34. The molecule has 0 aromatic carbocycles. The Morgan fingerprint density at radius 1 is 1.42 bits per heavy atom. The summed E-state index contributed by atoms with van der Waals surface area (Å²) in [7, 11) is 0. The predicted molar refractivity (Wildman–Crippen MR) is 73.9 cm³/mol. The van der Waals surface area contributed by atoms with E-state index < -0.39 is 11.4 Å². The molecule has 1 fully saturated rings. The lowest BCUT2D eigenvalue weighted by molar-refractivity contribution is -0.156. The fraction of sp³-hybridized carbons (Fsp3) is 0.857. The van der Waals surface area contributed by atoms with E-state index in [4.69, 9.17) is 0 Å². The minimum absolute atomic E-state index is 0.0692. The number of carbonyl (C=O) groups is 2. The van der Waals surface area contributed by atoms with Gasteiger partial charge < -0.3 is 15.3 Å². The van der Waals surface area contributed by atoms with Crippen molar-refractivity contribution < 1.29 is 14.7 Å². The summed E-state index contributed by atoms with van der Waals surface area (Å²) in [4.78, 5) is 25.5. The minimum atomic E-state index is -0.771. The molecular formula is C14H26N2O3. The van der Waals surface area contributed by atoms with Crippen LogP contribution in [-0.4, -0.2) is 48.1 Å². The summed E-state index contributed by atoms with van der Waals surface area (Å²) >= 11 is 0. The normalized spacial score (nSPS) is 25.1. The number of carboxylic acid groups (broad SMARTS) is 1. The van der Waals surface area contributed by atoms with Crippen LogP contribution in [0.2, 0.25) is 0 Å². The van der Waals surface area contributed by atoms with Gasteiger partial charge in [0.2, 0.25) is 5.91 Å². The van der Waals surface area contributed by atoms with Crippen LogP contribution in [0, 0.1) is 11.3 Å². The quantitative estimate of drug-likeness (QED) is 0.764. The summed E-state index contributed by atoms with van der Waals surface area (Å²) in [5.74, 6) is -0.798. The molecule has 2 atom stereocenters. The first-order valence-electron chi connectivity index (χ1n) is 7.19. The number of nitrogens with one attached hydrogen (secondary N) is 1. The third kappa shape index (κ3) is 3.69. The molecule has 0 bridgehead atoms. The van der Waals surface area contributed by atoms with Gasteiger partial charge in [-0.25, -0.2) is 0 Å². The van der Waals surface area contributed by atoms with Crippen LogP contribution in [0.3, 0.4) is 0 Å². The van der Waals surface area contributed by atoms with E-state index in [0.29, 0.717) is 32.5 Å². The minimum Gasteiger partial charge on any atom is -0.481 e. The Labute approximate surface area is 115 Å². The van der Waals surface area contributed by atoms with Gasteiger partial charge in [0.05, 0.1) is 5.41 Å². The van der Waals surface area contributed by atoms with Gasteiger partial charge in [-0.3, -0.25) is 9.59 Å². The third-order valence-electron chi connectivity index (χ3n) is 4.14. The van der Waals surface area contributed by atoms with Crippen LogP contribution in [0.1, 0.15) is 40.0 Å². The number of amides is 1. The molecule has 2 N–H and O–H groups in total. The SMILES string of the molecule is CCNCC(C)C(=O)N1CCCC(CC)(C(=O)O)C1. The molecule has 5 nitrogen and oxygen atoms in total. The lowest BCUT2D eigenvalue weighted by Gasteiger charge is -2.40. The number of aliphatic carboxylic acids is 1. The van der Waals surface area contributed by atoms with Crippen molar-refractivity contribution in [2.24, 2.45) is 11.3 Å². The van der Waals surface area contributed by atoms with Gasteiger partial charge in [-0.2, -0.15) is 0 Å². The molecule has 1 aliphatic rings.